The van der Waals surface area contributed by atoms with Crippen LogP contribution in [0.15, 0.2) is 6.20 Å². The van der Waals surface area contributed by atoms with Gasteiger partial charge in [-0.05, 0) is 0 Å². The molecule has 10 heteroatoms. The highest BCUT2D eigenvalue weighted by Gasteiger charge is 2.43. The molecule has 0 radical (unpaired) electrons. The van der Waals surface area contributed by atoms with Crippen LogP contribution in [-0.2, 0) is 12.9 Å². The van der Waals surface area contributed by atoms with Gasteiger partial charge in [0.25, 0.3) is 0 Å². The summed E-state index contributed by atoms with van der Waals surface area (Å²) in [5, 5.41) is 0. The molecule has 0 aromatic carbocycles. The number of alkyl halides is 7. The van der Waals surface area contributed by atoms with E-state index < -0.39 is 42.0 Å². The summed E-state index contributed by atoms with van der Waals surface area (Å²) in [6.07, 6.45) is -10.8. The maximum Gasteiger partial charge on any atom is 0.573 e. The lowest BCUT2D eigenvalue weighted by Gasteiger charge is -2.15. The molecular weight excluding hydrogens is 278 g/mol. The van der Waals surface area contributed by atoms with Crippen LogP contribution in [0.4, 0.5) is 35.1 Å². The van der Waals surface area contributed by atoms with E-state index in [2.05, 4.69) is 9.72 Å². The van der Waals surface area contributed by atoms with Gasteiger partial charge in [0.05, 0.1) is 0 Å². The Morgan fingerprint density at radius 1 is 1.11 bits per heavy atom. The monoisotopic (exact) mass is 281 g/mol. The summed E-state index contributed by atoms with van der Waals surface area (Å²) >= 11 is 0. The van der Waals surface area contributed by atoms with Crippen LogP contribution in [0.5, 0.6) is 5.75 Å². The number of aromatic nitrogens is 1. The summed E-state index contributed by atoms with van der Waals surface area (Å²) in [6.45, 7) is -1.62. The molecule has 0 fully saturated rings. The molecule has 0 saturated heterocycles. The predicted molar refractivity (Wildman–Crippen MR) is 40.7 cm³/mol. The van der Waals surface area contributed by atoms with E-state index in [-0.39, 0.29) is 6.20 Å². The van der Waals surface area contributed by atoms with E-state index in [0.29, 0.717) is 0 Å². The lowest BCUT2D eigenvalue weighted by atomic mass is 10.2. The van der Waals surface area contributed by atoms with Gasteiger partial charge in [0.1, 0.15) is 6.67 Å². The van der Waals surface area contributed by atoms with E-state index in [4.69, 9.17) is 0 Å². The zero-order chi connectivity index (χ0) is 14.1. The highest BCUT2D eigenvalue weighted by atomic mass is 19.4. The topological polar surface area (TPSA) is 22.1 Å². The maximum atomic E-state index is 13.2. The highest BCUT2D eigenvalue weighted by Crippen LogP contribution is 2.39. The zero-order valence-electron chi connectivity index (χ0n) is 8.16. The molecule has 0 unspecified atom stereocenters. The normalized spacial score (nSPS) is 12.7. The Labute approximate surface area is 94.2 Å². The van der Waals surface area contributed by atoms with E-state index in [0.717, 1.165) is 0 Å². The van der Waals surface area contributed by atoms with Crippen molar-refractivity contribution in [1.82, 2.24) is 4.98 Å². The number of rotatable bonds is 2. The van der Waals surface area contributed by atoms with Crippen molar-refractivity contribution in [2.24, 2.45) is 0 Å². The number of nitrogens with zero attached hydrogens (tertiary/aromatic N) is 1. The molecule has 1 heterocycles. The number of hydrogen-bond acceptors (Lipinski definition) is 2. The molecule has 1 rings (SSSR count). The molecule has 1 aromatic heterocycles. The van der Waals surface area contributed by atoms with Gasteiger partial charge in [-0.15, -0.1) is 13.2 Å². The summed E-state index contributed by atoms with van der Waals surface area (Å²) < 4.78 is 101. The molecule has 0 aliphatic carbocycles. The minimum absolute atomic E-state index is 0.154. The molecule has 0 spiro atoms. The molecule has 2 nitrogen and oxygen atoms in total. The van der Waals surface area contributed by atoms with E-state index in [1.165, 1.54) is 0 Å². The van der Waals surface area contributed by atoms with Crippen LogP contribution in [0.25, 0.3) is 0 Å². The molecule has 0 saturated carbocycles. The summed E-state index contributed by atoms with van der Waals surface area (Å²) in [5.74, 6) is -4.28. The van der Waals surface area contributed by atoms with Crippen molar-refractivity contribution < 1.29 is 39.9 Å². The first-order valence-corrected chi connectivity index (χ1v) is 4.12. The van der Waals surface area contributed by atoms with E-state index in [1.807, 2.05) is 0 Å². The van der Waals surface area contributed by atoms with Crippen molar-refractivity contribution in [3.8, 4) is 5.75 Å². The van der Waals surface area contributed by atoms with Gasteiger partial charge in [0.2, 0.25) is 0 Å². The quantitative estimate of drug-likeness (QED) is 0.772. The molecule has 0 N–H and O–H groups in total. The Morgan fingerprint density at radius 3 is 2.06 bits per heavy atom. The summed E-state index contributed by atoms with van der Waals surface area (Å²) in [5.41, 5.74) is -3.28. The van der Waals surface area contributed by atoms with Gasteiger partial charge in [-0.25, -0.2) is 13.8 Å². The van der Waals surface area contributed by atoms with Gasteiger partial charge in [0.15, 0.2) is 17.3 Å². The second-order valence-electron chi connectivity index (χ2n) is 2.95. The lowest BCUT2D eigenvalue weighted by molar-refractivity contribution is -0.277. The van der Waals surface area contributed by atoms with Crippen LogP contribution in [0, 0.1) is 5.82 Å². The van der Waals surface area contributed by atoms with Crippen molar-refractivity contribution >= 4 is 0 Å². The summed E-state index contributed by atoms with van der Waals surface area (Å²) in [6, 6.07) is 0. The van der Waals surface area contributed by atoms with Crippen LogP contribution < -0.4 is 4.74 Å². The van der Waals surface area contributed by atoms with Gasteiger partial charge in [-0.3, -0.25) is 0 Å². The Hall–Kier alpha value is -1.61. The van der Waals surface area contributed by atoms with Gasteiger partial charge in [-0.2, -0.15) is 13.2 Å². The minimum Gasteiger partial charge on any atom is -0.400 e. The Morgan fingerprint density at radius 2 is 1.67 bits per heavy atom. The van der Waals surface area contributed by atoms with E-state index in [1.54, 1.807) is 0 Å². The number of hydrogen-bond donors (Lipinski definition) is 0. The standard InChI is InChI=1S/C8H3F8NO/c9-1-3-2-17-6(7(11,12)13)5(4(3)10)18-8(14,15)16/h2H,1H2. The van der Waals surface area contributed by atoms with Crippen molar-refractivity contribution in [3.63, 3.8) is 0 Å². The number of pyridine rings is 1. The molecular formula is C8H3F8NO. The largest absolute Gasteiger partial charge is 0.573 e. The molecule has 0 aliphatic heterocycles. The first kappa shape index (κ1) is 14.5. The van der Waals surface area contributed by atoms with E-state index in [9.17, 15) is 35.1 Å². The van der Waals surface area contributed by atoms with Gasteiger partial charge in [-0.1, -0.05) is 0 Å². The second kappa shape index (κ2) is 4.58. The average molecular weight is 281 g/mol. The fraction of sp³-hybridized carbons (Fsp3) is 0.375. The molecule has 0 aliphatic rings. The third-order valence-corrected chi connectivity index (χ3v) is 1.68. The first-order valence-electron chi connectivity index (χ1n) is 4.12. The molecule has 0 atom stereocenters. The van der Waals surface area contributed by atoms with Crippen LogP contribution in [0.3, 0.4) is 0 Å². The Kier molecular flexibility index (Phi) is 3.67. The first-order chi connectivity index (χ1) is 8.06. The second-order valence-corrected chi connectivity index (χ2v) is 2.95. The van der Waals surface area contributed by atoms with Crippen molar-refractivity contribution in [2.45, 2.75) is 19.2 Å². The number of ether oxygens (including phenoxy) is 1. The van der Waals surface area contributed by atoms with Crippen LogP contribution >= 0.6 is 0 Å². The van der Waals surface area contributed by atoms with Crippen molar-refractivity contribution in [2.75, 3.05) is 0 Å². The van der Waals surface area contributed by atoms with Crippen LogP contribution in [0.1, 0.15) is 11.3 Å². The third kappa shape index (κ3) is 3.20. The zero-order valence-corrected chi connectivity index (χ0v) is 8.16. The molecule has 18 heavy (non-hydrogen) atoms. The molecule has 0 amide bonds. The molecule has 0 bridgehead atoms. The SMILES string of the molecule is FCc1cnc(C(F)(F)F)c(OC(F)(F)F)c1F. The predicted octanol–water partition coefficient (Wildman–Crippen LogP) is 3.61. The summed E-state index contributed by atoms with van der Waals surface area (Å²) in [4.78, 5) is 2.54. The highest BCUT2D eigenvalue weighted by molar-refractivity contribution is 5.35. The maximum absolute atomic E-state index is 13.2. The smallest absolute Gasteiger partial charge is 0.400 e. The Balaban J connectivity index is 3.41. The Bertz CT molecular complexity index is 438. The average Bonchev–Trinajstić information content (AvgIpc) is 2.17. The molecule has 1 aromatic rings. The fourth-order valence-corrected chi connectivity index (χ4v) is 1.01. The lowest BCUT2D eigenvalue weighted by Crippen LogP contribution is -2.22. The van der Waals surface area contributed by atoms with Gasteiger partial charge < -0.3 is 4.74 Å². The third-order valence-electron chi connectivity index (χ3n) is 1.68. The van der Waals surface area contributed by atoms with Crippen LogP contribution in [0.2, 0.25) is 0 Å². The van der Waals surface area contributed by atoms with Gasteiger partial charge >= 0.3 is 12.5 Å². The van der Waals surface area contributed by atoms with Gasteiger partial charge in [0, 0.05) is 11.8 Å². The molecule has 102 valence electrons. The minimum atomic E-state index is -5.56. The summed E-state index contributed by atoms with van der Waals surface area (Å²) in [7, 11) is 0. The fourth-order valence-electron chi connectivity index (χ4n) is 1.01. The number of halogens is 8. The van der Waals surface area contributed by atoms with E-state index >= 15 is 0 Å². The van der Waals surface area contributed by atoms with Crippen molar-refractivity contribution in [3.05, 3.63) is 23.3 Å². The van der Waals surface area contributed by atoms with Crippen molar-refractivity contribution in [1.29, 1.82) is 0 Å². The van der Waals surface area contributed by atoms with Crippen LogP contribution in [-0.4, -0.2) is 11.3 Å².